The quantitative estimate of drug-likeness (QED) is 0.668. The molecule has 1 aliphatic carbocycles. The van der Waals surface area contributed by atoms with E-state index in [0.29, 0.717) is 0 Å². The van der Waals surface area contributed by atoms with Crippen LogP contribution in [0.25, 0.3) is 11.1 Å². The number of rotatable bonds is 7. The molecule has 1 unspecified atom stereocenters. The van der Waals surface area contributed by atoms with Gasteiger partial charge in [0, 0.05) is 5.92 Å². The molecule has 29 heavy (non-hydrogen) atoms. The van der Waals surface area contributed by atoms with Gasteiger partial charge in [0.15, 0.2) is 0 Å². The van der Waals surface area contributed by atoms with Crippen molar-refractivity contribution in [3.8, 4) is 11.1 Å². The maximum absolute atomic E-state index is 12.1. The lowest BCUT2D eigenvalue weighted by molar-refractivity contribution is -0.142. The van der Waals surface area contributed by atoms with E-state index >= 15 is 0 Å². The number of carbonyl (C=O) groups excluding carboxylic acids is 2. The maximum atomic E-state index is 12.1. The van der Waals surface area contributed by atoms with Gasteiger partial charge in [0.25, 0.3) is 0 Å². The van der Waals surface area contributed by atoms with Gasteiger partial charge < -0.3 is 20.5 Å². The summed E-state index contributed by atoms with van der Waals surface area (Å²) in [6, 6.07) is 15.0. The Hall–Kier alpha value is -3.35. The average Bonchev–Trinajstić information content (AvgIpc) is 3.02. The van der Waals surface area contributed by atoms with Gasteiger partial charge in [-0.3, -0.25) is 4.79 Å². The van der Waals surface area contributed by atoms with E-state index in [-0.39, 0.29) is 25.0 Å². The third-order valence-electron chi connectivity index (χ3n) is 4.99. The Morgan fingerprint density at radius 2 is 1.55 bits per heavy atom. The fraction of sp³-hybridized carbons (Fsp3) is 0.318. The average molecular weight is 396 g/mol. The summed E-state index contributed by atoms with van der Waals surface area (Å²) in [6.45, 7) is 3.18. The van der Waals surface area contributed by atoms with Crippen LogP contribution in [-0.4, -0.2) is 42.3 Å². The lowest BCUT2D eigenvalue weighted by Crippen LogP contribution is -2.48. The molecule has 0 heterocycles. The molecule has 2 aromatic rings. The van der Waals surface area contributed by atoms with Crippen molar-refractivity contribution in [3.63, 3.8) is 0 Å². The van der Waals surface area contributed by atoms with E-state index in [1.807, 2.05) is 48.5 Å². The van der Waals surface area contributed by atoms with Crippen LogP contribution in [0, 0.1) is 5.92 Å². The van der Waals surface area contributed by atoms with Crippen LogP contribution < -0.4 is 10.6 Å². The molecule has 7 heteroatoms. The van der Waals surface area contributed by atoms with Crippen molar-refractivity contribution in [2.75, 3.05) is 13.2 Å². The minimum atomic E-state index is -1.12. The van der Waals surface area contributed by atoms with Crippen LogP contribution in [0.3, 0.4) is 0 Å². The maximum Gasteiger partial charge on any atom is 0.407 e. The van der Waals surface area contributed by atoms with Gasteiger partial charge in [-0.25, -0.2) is 9.59 Å². The van der Waals surface area contributed by atoms with Crippen molar-refractivity contribution >= 4 is 18.0 Å². The Morgan fingerprint density at radius 3 is 2.07 bits per heavy atom. The van der Waals surface area contributed by atoms with Crippen molar-refractivity contribution in [3.05, 3.63) is 59.7 Å². The van der Waals surface area contributed by atoms with E-state index in [9.17, 15) is 14.4 Å². The number of fused-ring (bicyclic) bond motifs is 3. The number of carboxylic acids is 1. The summed E-state index contributed by atoms with van der Waals surface area (Å²) >= 11 is 0. The lowest BCUT2D eigenvalue weighted by Gasteiger charge is -2.18. The molecule has 0 aliphatic heterocycles. The fourth-order valence-electron chi connectivity index (χ4n) is 3.54. The van der Waals surface area contributed by atoms with Gasteiger partial charge >= 0.3 is 12.1 Å². The first-order valence-electron chi connectivity index (χ1n) is 9.49. The SMILES string of the molecule is CC(C)C(NC(=O)CNC(=O)OCC1c2ccccc2-c2ccccc21)C(=O)O. The van der Waals surface area contributed by atoms with Crippen LogP contribution in [0.4, 0.5) is 4.79 Å². The number of carbonyl (C=O) groups is 3. The summed E-state index contributed by atoms with van der Waals surface area (Å²) in [5.41, 5.74) is 4.45. The molecular weight excluding hydrogens is 372 g/mol. The molecular formula is C22H24N2O5. The van der Waals surface area contributed by atoms with E-state index in [1.54, 1.807) is 13.8 Å². The molecule has 2 amide bonds. The van der Waals surface area contributed by atoms with Gasteiger partial charge in [-0.15, -0.1) is 0 Å². The predicted molar refractivity (Wildman–Crippen MR) is 107 cm³/mol. The zero-order valence-corrected chi connectivity index (χ0v) is 16.3. The van der Waals surface area contributed by atoms with Crippen molar-refractivity contribution in [1.29, 1.82) is 0 Å². The van der Waals surface area contributed by atoms with E-state index in [0.717, 1.165) is 22.3 Å². The largest absolute Gasteiger partial charge is 0.480 e. The smallest absolute Gasteiger partial charge is 0.407 e. The topological polar surface area (TPSA) is 105 Å². The summed E-state index contributed by atoms with van der Waals surface area (Å²) in [7, 11) is 0. The summed E-state index contributed by atoms with van der Waals surface area (Å²) in [5.74, 6) is -2.04. The number of carboxylic acid groups (broad SMARTS) is 1. The molecule has 0 saturated heterocycles. The predicted octanol–water partition coefficient (Wildman–Crippen LogP) is 2.75. The zero-order valence-electron chi connectivity index (χ0n) is 16.3. The van der Waals surface area contributed by atoms with Gasteiger partial charge in [0.05, 0.1) is 0 Å². The van der Waals surface area contributed by atoms with Crippen molar-refractivity contribution < 1.29 is 24.2 Å². The molecule has 1 aliphatic rings. The second-order valence-electron chi connectivity index (χ2n) is 7.31. The van der Waals surface area contributed by atoms with Crippen LogP contribution in [0.2, 0.25) is 0 Å². The molecule has 0 saturated carbocycles. The monoisotopic (exact) mass is 396 g/mol. The fourth-order valence-corrected chi connectivity index (χ4v) is 3.54. The van der Waals surface area contributed by atoms with E-state index in [4.69, 9.17) is 9.84 Å². The Morgan fingerprint density at radius 1 is 1.00 bits per heavy atom. The number of ether oxygens (including phenoxy) is 1. The number of nitrogens with one attached hydrogen (secondary N) is 2. The highest BCUT2D eigenvalue weighted by atomic mass is 16.5. The number of benzene rings is 2. The van der Waals surface area contributed by atoms with Gasteiger partial charge in [0.2, 0.25) is 5.91 Å². The molecule has 0 spiro atoms. The van der Waals surface area contributed by atoms with Crippen LogP contribution in [-0.2, 0) is 14.3 Å². The van der Waals surface area contributed by atoms with Crippen LogP contribution >= 0.6 is 0 Å². The summed E-state index contributed by atoms with van der Waals surface area (Å²) in [6.07, 6.45) is -0.724. The normalized spacial score (nSPS) is 13.3. The molecule has 2 aromatic carbocycles. The summed E-state index contributed by atoms with van der Waals surface area (Å²) in [5, 5.41) is 13.9. The van der Waals surface area contributed by atoms with Gasteiger partial charge in [-0.2, -0.15) is 0 Å². The summed E-state index contributed by atoms with van der Waals surface area (Å²) < 4.78 is 5.34. The Kier molecular flexibility index (Phi) is 6.16. The molecule has 0 fully saturated rings. The summed E-state index contributed by atoms with van der Waals surface area (Å²) in [4.78, 5) is 35.1. The first-order chi connectivity index (χ1) is 13.9. The number of hydrogen-bond acceptors (Lipinski definition) is 4. The van der Waals surface area contributed by atoms with Gasteiger partial charge in [-0.05, 0) is 28.2 Å². The van der Waals surface area contributed by atoms with Gasteiger partial charge in [-0.1, -0.05) is 62.4 Å². The molecule has 7 nitrogen and oxygen atoms in total. The number of alkyl carbamates (subject to hydrolysis) is 1. The van der Waals surface area contributed by atoms with Crippen molar-refractivity contribution in [1.82, 2.24) is 10.6 Å². The number of amides is 2. The molecule has 0 radical (unpaired) electrons. The standard InChI is InChI=1S/C22H24N2O5/c1-13(2)20(21(26)27)24-19(25)11-23-22(28)29-12-18-16-9-5-3-7-14(16)15-8-4-6-10-17(15)18/h3-10,13,18,20H,11-12H2,1-2H3,(H,23,28)(H,24,25)(H,26,27). The zero-order chi connectivity index (χ0) is 21.0. The van der Waals surface area contributed by atoms with Crippen LogP contribution in [0.5, 0.6) is 0 Å². The molecule has 0 aromatic heterocycles. The van der Waals surface area contributed by atoms with Crippen LogP contribution in [0.15, 0.2) is 48.5 Å². The molecule has 3 N–H and O–H groups in total. The van der Waals surface area contributed by atoms with Crippen LogP contribution in [0.1, 0.15) is 30.9 Å². The minimum Gasteiger partial charge on any atom is -0.480 e. The van der Waals surface area contributed by atoms with Crippen molar-refractivity contribution in [2.24, 2.45) is 5.92 Å². The van der Waals surface area contributed by atoms with E-state index < -0.39 is 24.0 Å². The minimum absolute atomic E-state index is 0.0701. The highest BCUT2D eigenvalue weighted by Crippen LogP contribution is 2.44. The number of hydrogen-bond donors (Lipinski definition) is 3. The second-order valence-corrected chi connectivity index (χ2v) is 7.31. The molecule has 3 rings (SSSR count). The molecule has 0 bridgehead atoms. The van der Waals surface area contributed by atoms with Crippen molar-refractivity contribution in [2.45, 2.75) is 25.8 Å². The second kappa shape index (κ2) is 8.77. The van der Waals surface area contributed by atoms with Gasteiger partial charge in [0.1, 0.15) is 19.2 Å². The first-order valence-corrected chi connectivity index (χ1v) is 9.49. The molecule has 1 atom stereocenters. The Bertz CT molecular complexity index is 879. The first kappa shape index (κ1) is 20.4. The van der Waals surface area contributed by atoms with E-state index in [2.05, 4.69) is 10.6 Å². The Balaban J connectivity index is 1.55. The number of aliphatic carboxylic acids is 1. The highest BCUT2D eigenvalue weighted by Gasteiger charge is 2.29. The van der Waals surface area contributed by atoms with E-state index in [1.165, 1.54) is 0 Å². The third-order valence-corrected chi connectivity index (χ3v) is 4.99. The highest BCUT2D eigenvalue weighted by molar-refractivity contribution is 5.86. The lowest BCUT2D eigenvalue weighted by atomic mass is 9.98. The Labute approximate surface area is 169 Å². The molecule has 152 valence electrons. The third kappa shape index (κ3) is 4.56.